The van der Waals surface area contributed by atoms with Gasteiger partial charge in [-0.15, -0.1) is 0 Å². The van der Waals surface area contributed by atoms with Gasteiger partial charge in [0.15, 0.2) is 6.10 Å². The third-order valence-electron chi connectivity index (χ3n) is 7.58. The number of hydrogen-bond acceptors (Lipinski definition) is 7. The minimum absolute atomic E-state index is 0.0439. The van der Waals surface area contributed by atoms with Crippen LogP contribution in [0.5, 0.6) is 0 Å². The van der Waals surface area contributed by atoms with Crippen LogP contribution in [-0.4, -0.2) is 66.7 Å². The standard InChI is InChI=1S/C33H38N6O6S/c1-20-21(2)36-33(35-20)38-32(43)29(40)28(16-23-12-8-6-9-13-23)37-31(42)26-17-25(18-27(19-26)39(4)46(5,44)45)30(41)34-22(3)24-14-10-7-11-15-24/h6-15,17-19,22,28-29,40H,16H2,1-5H3,(H,34,41)(H,37,42)(H2,35,36,38,43)/t22-,28+,29-/m1/s1. The number of aromatic nitrogens is 2. The molecule has 3 atom stereocenters. The Balaban J connectivity index is 1.65. The number of sulfonamides is 1. The van der Waals surface area contributed by atoms with Gasteiger partial charge in [0, 0.05) is 23.9 Å². The fourth-order valence-electron chi connectivity index (χ4n) is 4.69. The van der Waals surface area contributed by atoms with E-state index in [1.54, 1.807) is 45.0 Å². The minimum atomic E-state index is -3.76. The van der Waals surface area contributed by atoms with E-state index in [0.717, 1.165) is 27.4 Å². The maximum Gasteiger partial charge on any atom is 0.257 e. The highest BCUT2D eigenvalue weighted by atomic mass is 32.2. The summed E-state index contributed by atoms with van der Waals surface area (Å²) in [4.78, 5) is 47.4. The van der Waals surface area contributed by atoms with Crippen molar-refractivity contribution in [2.24, 2.45) is 0 Å². The summed E-state index contributed by atoms with van der Waals surface area (Å²) in [5, 5.41) is 19.3. The highest BCUT2D eigenvalue weighted by molar-refractivity contribution is 7.92. The lowest BCUT2D eigenvalue weighted by atomic mass is 9.99. The molecule has 0 bridgehead atoms. The van der Waals surface area contributed by atoms with Gasteiger partial charge in [0.2, 0.25) is 16.0 Å². The number of H-pyrrole nitrogens is 1. The zero-order valence-electron chi connectivity index (χ0n) is 26.2. The lowest BCUT2D eigenvalue weighted by Gasteiger charge is -2.24. The number of benzene rings is 3. The van der Waals surface area contributed by atoms with E-state index in [1.165, 1.54) is 25.2 Å². The highest BCUT2D eigenvalue weighted by Gasteiger charge is 2.30. The molecule has 13 heteroatoms. The number of nitrogens with zero attached hydrogens (tertiary/aromatic N) is 2. The monoisotopic (exact) mass is 646 g/mol. The predicted octanol–water partition coefficient (Wildman–Crippen LogP) is 3.25. The molecule has 0 unspecified atom stereocenters. The number of anilines is 2. The largest absolute Gasteiger partial charge is 0.381 e. The van der Waals surface area contributed by atoms with Crippen LogP contribution in [0.25, 0.3) is 0 Å². The molecule has 4 aromatic rings. The third kappa shape index (κ3) is 8.58. The molecule has 0 radical (unpaired) electrons. The highest BCUT2D eigenvalue weighted by Crippen LogP contribution is 2.22. The molecule has 0 aliphatic heterocycles. The van der Waals surface area contributed by atoms with Crippen molar-refractivity contribution in [3.8, 4) is 0 Å². The summed E-state index contributed by atoms with van der Waals surface area (Å²) in [7, 11) is -2.45. The second kappa shape index (κ2) is 14.4. The fourth-order valence-corrected chi connectivity index (χ4v) is 5.18. The Bertz CT molecular complexity index is 1790. The van der Waals surface area contributed by atoms with Crippen molar-refractivity contribution in [1.29, 1.82) is 0 Å². The first-order chi connectivity index (χ1) is 21.7. The van der Waals surface area contributed by atoms with E-state index in [-0.39, 0.29) is 35.2 Å². The quantitative estimate of drug-likeness (QED) is 0.157. The Labute approximate surface area is 268 Å². The van der Waals surface area contributed by atoms with Crippen LogP contribution in [0.4, 0.5) is 11.6 Å². The number of nitrogens with one attached hydrogen (secondary N) is 4. The van der Waals surface area contributed by atoms with Crippen molar-refractivity contribution in [1.82, 2.24) is 20.6 Å². The summed E-state index contributed by atoms with van der Waals surface area (Å²) in [6.07, 6.45) is -0.613. The minimum Gasteiger partial charge on any atom is -0.381 e. The van der Waals surface area contributed by atoms with Crippen LogP contribution in [0.1, 0.15) is 56.2 Å². The Morgan fingerprint density at radius 2 is 1.48 bits per heavy atom. The lowest BCUT2D eigenvalue weighted by Crippen LogP contribution is -2.50. The number of hydrogen-bond donors (Lipinski definition) is 5. The molecular weight excluding hydrogens is 608 g/mol. The number of aryl methyl sites for hydroxylation is 2. The van der Waals surface area contributed by atoms with Gasteiger partial charge in [0.25, 0.3) is 17.7 Å². The molecule has 0 fully saturated rings. The molecule has 0 aliphatic carbocycles. The van der Waals surface area contributed by atoms with Gasteiger partial charge >= 0.3 is 0 Å². The smallest absolute Gasteiger partial charge is 0.257 e. The first-order valence-electron chi connectivity index (χ1n) is 14.5. The number of imidazole rings is 1. The van der Waals surface area contributed by atoms with Crippen molar-refractivity contribution < 1.29 is 27.9 Å². The number of carbonyl (C=O) groups excluding carboxylic acids is 3. The van der Waals surface area contributed by atoms with E-state index >= 15 is 0 Å². The Morgan fingerprint density at radius 1 is 0.913 bits per heavy atom. The Morgan fingerprint density at radius 3 is 2.02 bits per heavy atom. The number of aliphatic hydroxyl groups is 1. The average Bonchev–Trinajstić information content (AvgIpc) is 3.35. The Hall–Kier alpha value is -5.01. The van der Waals surface area contributed by atoms with Crippen LogP contribution in [0.2, 0.25) is 0 Å². The summed E-state index contributed by atoms with van der Waals surface area (Å²) >= 11 is 0. The van der Waals surface area contributed by atoms with E-state index < -0.39 is 39.9 Å². The Kier molecular flexibility index (Phi) is 10.6. The zero-order chi connectivity index (χ0) is 33.6. The third-order valence-corrected chi connectivity index (χ3v) is 8.79. The summed E-state index contributed by atoms with van der Waals surface area (Å²) in [5.74, 6) is -1.90. The van der Waals surface area contributed by atoms with Crippen LogP contribution < -0.4 is 20.3 Å². The first kappa shape index (κ1) is 33.9. The maximum absolute atomic E-state index is 13.7. The average molecular weight is 647 g/mol. The molecule has 12 nitrogen and oxygen atoms in total. The SMILES string of the molecule is Cc1nc(NC(=O)[C@H](O)[C@H](Cc2ccccc2)NC(=O)c2cc(C(=O)N[C@H](C)c3ccccc3)cc(N(C)S(C)(=O)=O)c2)[nH]c1C. The van der Waals surface area contributed by atoms with Crippen molar-refractivity contribution in [3.05, 3.63) is 113 Å². The van der Waals surface area contributed by atoms with Crippen LogP contribution in [0.15, 0.2) is 78.9 Å². The molecule has 0 saturated carbocycles. The number of aliphatic hydroxyl groups excluding tert-OH is 1. The van der Waals surface area contributed by atoms with E-state index in [1.807, 2.05) is 36.4 Å². The molecule has 242 valence electrons. The topological polar surface area (TPSA) is 174 Å². The van der Waals surface area contributed by atoms with Gasteiger partial charge in [0.05, 0.1) is 29.7 Å². The second-order valence-corrected chi connectivity index (χ2v) is 13.1. The van der Waals surface area contributed by atoms with Gasteiger partial charge in [-0.3, -0.25) is 24.0 Å². The molecule has 0 spiro atoms. The number of carbonyl (C=O) groups is 3. The summed E-state index contributed by atoms with van der Waals surface area (Å²) < 4.78 is 25.8. The molecule has 46 heavy (non-hydrogen) atoms. The van der Waals surface area contributed by atoms with Crippen LogP contribution in [-0.2, 0) is 21.2 Å². The first-order valence-corrected chi connectivity index (χ1v) is 16.4. The van der Waals surface area contributed by atoms with Crippen LogP contribution >= 0.6 is 0 Å². The van der Waals surface area contributed by atoms with Crippen molar-refractivity contribution in [3.63, 3.8) is 0 Å². The van der Waals surface area contributed by atoms with Gasteiger partial charge < -0.3 is 20.7 Å². The fraction of sp³-hybridized carbons (Fsp3) is 0.273. The molecule has 1 heterocycles. The molecule has 0 aliphatic rings. The van der Waals surface area contributed by atoms with Crippen LogP contribution in [0, 0.1) is 13.8 Å². The molecule has 5 N–H and O–H groups in total. The van der Waals surface area contributed by atoms with Crippen molar-refractivity contribution in [2.75, 3.05) is 22.9 Å². The molecule has 0 saturated heterocycles. The molecule has 3 aromatic carbocycles. The van der Waals surface area contributed by atoms with Gasteiger partial charge in [-0.2, -0.15) is 0 Å². The van der Waals surface area contributed by atoms with Gasteiger partial charge in [-0.1, -0.05) is 60.7 Å². The number of aromatic amines is 1. The molecule has 3 amide bonds. The van der Waals surface area contributed by atoms with Gasteiger partial charge in [0.1, 0.15) is 0 Å². The normalized spacial score (nSPS) is 13.3. The summed E-state index contributed by atoms with van der Waals surface area (Å²) in [6.45, 7) is 5.36. The van der Waals surface area contributed by atoms with E-state index in [4.69, 9.17) is 0 Å². The molecule has 4 rings (SSSR count). The second-order valence-electron chi connectivity index (χ2n) is 11.1. The van der Waals surface area contributed by atoms with E-state index in [9.17, 15) is 27.9 Å². The predicted molar refractivity (Wildman–Crippen MR) is 176 cm³/mol. The number of amides is 3. The van der Waals surface area contributed by atoms with E-state index in [0.29, 0.717) is 5.69 Å². The summed E-state index contributed by atoms with van der Waals surface area (Å²) in [6, 6.07) is 20.8. The van der Waals surface area contributed by atoms with E-state index in [2.05, 4.69) is 25.9 Å². The zero-order valence-corrected chi connectivity index (χ0v) is 27.1. The summed E-state index contributed by atoms with van der Waals surface area (Å²) in [5.41, 5.74) is 3.09. The van der Waals surface area contributed by atoms with Crippen molar-refractivity contribution in [2.45, 2.75) is 45.4 Å². The molecular formula is C33H38N6O6S. The van der Waals surface area contributed by atoms with Crippen molar-refractivity contribution >= 4 is 39.4 Å². The lowest BCUT2D eigenvalue weighted by molar-refractivity contribution is -0.125. The van der Waals surface area contributed by atoms with Gasteiger partial charge in [-0.25, -0.2) is 13.4 Å². The molecule has 1 aromatic heterocycles. The maximum atomic E-state index is 13.7. The number of rotatable bonds is 12. The van der Waals surface area contributed by atoms with Crippen LogP contribution in [0.3, 0.4) is 0 Å². The van der Waals surface area contributed by atoms with Gasteiger partial charge in [-0.05, 0) is 56.5 Å².